The van der Waals surface area contributed by atoms with Crippen molar-refractivity contribution in [1.29, 1.82) is 0 Å². The van der Waals surface area contributed by atoms with E-state index in [-0.39, 0.29) is 0 Å². The normalized spacial score (nSPS) is 11.0. The van der Waals surface area contributed by atoms with E-state index in [1.807, 2.05) is 59.3 Å². The van der Waals surface area contributed by atoms with Crippen LogP contribution in [0.4, 0.5) is 0 Å². The Morgan fingerprint density at radius 2 is 1.55 bits per heavy atom. The minimum atomic E-state index is 0.706. The molecule has 0 aliphatic heterocycles. The van der Waals surface area contributed by atoms with Gasteiger partial charge in [0.1, 0.15) is 0 Å². The molecule has 0 fully saturated rings. The number of fused-ring (bicyclic) bond motifs is 1. The molecule has 0 spiro atoms. The van der Waals surface area contributed by atoms with Crippen molar-refractivity contribution >= 4 is 21.7 Å². The summed E-state index contributed by atoms with van der Waals surface area (Å²) < 4.78 is 3.03. The van der Waals surface area contributed by atoms with Gasteiger partial charge in [-0.25, -0.2) is 9.97 Å². The summed E-state index contributed by atoms with van der Waals surface area (Å²) >= 11 is 3.45. The lowest BCUT2D eigenvalue weighted by molar-refractivity contribution is 1.11. The zero-order chi connectivity index (χ0) is 14.9. The van der Waals surface area contributed by atoms with Gasteiger partial charge in [-0.3, -0.25) is 4.40 Å². The first-order chi connectivity index (χ1) is 10.8. The lowest BCUT2D eigenvalue weighted by atomic mass is 10.1. The highest BCUT2D eigenvalue weighted by Gasteiger charge is 2.06. The van der Waals surface area contributed by atoms with Gasteiger partial charge in [0.25, 0.3) is 0 Å². The average Bonchev–Trinajstić information content (AvgIpc) is 2.99. The fourth-order valence-corrected chi connectivity index (χ4v) is 2.69. The van der Waals surface area contributed by atoms with Gasteiger partial charge in [0.15, 0.2) is 0 Å². The minimum absolute atomic E-state index is 0.706. The van der Waals surface area contributed by atoms with Crippen molar-refractivity contribution in [2.45, 2.75) is 0 Å². The first-order valence-electron chi connectivity index (χ1n) is 6.96. The lowest BCUT2D eigenvalue weighted by Gasteiger charge is -2.01. The minimum Gasteiger partial charge on any atom is -0.290 e. The van der Waals surface area contributed by atoms with Crippen LogP contribution in [-0.4, -0.2) is 14.4 Å². The second-order valence-corrected chi connectivity index (χ2v) is 5.96. The summed E-state index contributed by atoms with van der Waals surface area (Å²) in [5, 5.41) is 0. The Hall–Kier alpha value is -2.46. The van der Waals surface area contributed by atoms with Crippen molar-refractivity contribution in [3.05, 3.63) is 77.7 Å². The maximum Gasteiger partial charge on any atom is 0.234 e. The van der Waals surface area contributed by atoms with Crippen molar-refractivity contribution in [2.75, 3.05) is 0 Å². The zero-order valence-electron chi connectivity index (χ0n) is 11.6. The first-order valence-corrected chi connectivity index (χ1v) is 7.75. The van der Waals surface area contributed by atoms with Crippen LogP contribution in [0.2, 0.25) is 0 Å². The Morgan fingerprint density at radius 3 is 2.32 bits per heavy atom. The maximum absolute atomic E-state index is 4.58. The Morgan fingerprint density at radius 1 is 0.773 bits per heavy atom. The maximum atomic E-state index is 4.58. The Kier molecular flexibility index (Phi) is 3.24. The summed E-state index contributed by atoms with van der Waals surface area (Å²) in [6.07, 6.45) is 5.94. The Bertz CT molecular complexity index is 928. The molecule has 4 heteroatoms. The fourth-order valence-electron chi connectivity index (χ4n) is 2.42. The van der Waals surface area contributed by atoms with Gasteiger partial charge < -0.3 is 0 Å². The van der Waals surface area contributed by atoms with Crippen molar-refractivity contribution in [1.82, 2.24) is 14.4 Å². The molecule has 0 N–H and O–H groups in total. The summed E-state index contributed by atoms with van der Waals surface area (Å²) in [5.74, 6) is 0.706. The van der Waals surface area contributed by atoms with Gasteiger partial charge >= 0.3 is 0 Å². The molecule has 0 amide bonds. The third-order valence-corrected chi connectivity index (χ3v) is 4.09. The van der Waals surface area contributed by atoms with E-state index in [0.717, 1.165) is 26.9 Å². The topological polar surface area (TPSA) is 30.2 Å². The number of halogens is 1. The number of imidazole rings is 1. The van der Waals surface area contributed by atoms with E-state index in [2.05, 4.69) is 44.2 Å². The van der Waals surface area contributed by atoms with Crippen LogP contribution >= 0.6 is 15.9 Å². The SMILES string of the molecule is Brc1ccc(-c2cn3cc(-c4ccccc4)cnc3n2)cc1. The quantitative estimate of drug-likeness (QED) is 0.519. The molecule has 0 saturated carbocycles. The van der Waals surface area contributed by atoms with E-state index in [1.165, 1.54) is 0 Å². The summed E-state index contributed by atoms with van der Waals surface area (Å²) in [6, 6.07) is 18.4. The van der Waals surface area contributed by atoms with Crippen LogP contribution in [0.25, 0.3) is 28.2 Å². The molecule has 2 aromatic heterocycles. The molecule has 4 rings (SSSR count). The van der Waals surface area contributed by atoms with Crippen LogP contribution in [0.15, 0.2) is 77.7 Å². The van der Waals surface area contributed by atoms with E-state index in [4.69, 9.17) is 0 Å². The Balaban J connectivity index is 1.80. The monoisotopic (exact) mass is 349 g/mol. The summed E-state index contributed by atoms with van der Waals surface area (Å²) in [6.45, 7) is 0. The van der Waals surface area contributed by atoms with Crippen LogP contribution in [0, 0.1) is 0 Å². The number of hydrogen-bond donors (Lipinski definition) is 0. The molecule has 3 nitrogen and oxygen atoms in total. The molecule has 0 bridgehead atoms. The van der Waals surface area contributed by atoms with Crippen LogP contribution in [-0.2, 0) is 0 Å². The molecule has 4 aromatic rings. The second-order valence-electron chi connectivity index (χ2n) is 5.05. The van der Waals surface area contributed by atoms with E-state index < -0.39 is 0 Å². The molecule has 2 heterocycles. The number of rotatable bonds is 2. The second kappa shape index (κ2) is 5.39. The van der Waals surface area contributed by atoms with Crippen molar-refractivity contribution < 1.29 is 0 Å². The van der Waals surface area contributed by atoms with E-state index >= 15 is 0 Å². The van der Waals surface area contributed by atoms with E-state index in [0.29, 0.717) is 5.78 Å². The van der Waals surface area contributed by atoms with Crippen LogP contribution < -0.4 is 0 Å². The predicted octanol–water partition coefficient (Wildman–Crippen LogP) is 4.83. The molecule has 0 saturated heterocycles. The summed E-state index contributed by atoms with van der Waals surface area (Å²) in [7, 11) is 0. The van der Waals surface area contributed by atoms with Gasteiger partial charge in [0.05, 0.1) is 5.69 Å². The molecular formula is C18H12BrN3. The number of aromatic nitrogens is 3. The van der Waals surface area contributed by atoms with Gasteiger partial charge in [0, 0.05) is 34.2 Å². The first kappa shape index (κ1) is 13.2. The molecule has 0 atom stereocenters. The fraction of sp³-hybridized carbons (Fsp3) is 0. The van der Waals surface area contributed by atoms with Gasteiger partial charge in [-0.1, -0.05) is 58.4 Å². The molecule has 0 unspecified atom stereocenters. The van der Waals surface area contributed by atoms with Crippen LogP contribution in [0.1, 0.15) is 0 Å². The highest BCUT2D eigenvalue weighted by atomic mass is 79.9. The average molecular weight is 350 g/mol. The van der Waals surface area contributed by atoms with Crippen molar-refractivity contribution in [3.8, 4) is 22.4 Å². The van der Waals surface area contributed by atoms with Crippen molar-refractivity contribution in [2.24, 2.45) is 0 Å². The zero-order valence-corrected chi connectivity index (χ0v) is 13.2. The van der Waals surface area contributed by atoms with Gasteiger partial charge in [-0.15, -0.1) is 0 Å². The van der Waals surface area contributed by atoms with E-state index in [1.54, 1.807) is 0 Å². The molecule has 2 aromatic carbocycles. The smallest absolute Gasteiger partial charge is 0.234 e. The molecule has 106 valence electrons. The predicted molar refractivity (Wildman–Crippen MR) is 91.6 cm³/mol. The number of nitrogens with zero attached hydrogens (tertiary/aromatic N) is 3. The third-order valence-electron chi connectivity index (χ3n) is 3.56. The highest BCUT2D eigenvalue weighted by Crippen LogP contribution is 2.23. The number of benzene rings is 2. The van der Waals surface area contributed by atoms with Gasteiger partial charge in [-0.2, -0.15) is 0 Å². The standard InChI is InChI=1S/C18H12BrN3/c19-16-8-6-14(7-9-16)17-12-22-11-15(10-20-18(22)21-17)13-4-2-1-3-5-13/h1-12H. The van der Waals surface area contributed by atoms with Gasteiger partial charge in [-0.05, 0) is 17.7 Å². The highest BCUT2D eigenvalue weighted by molar-refractivity contribution is 9.10. The third kappa shape index (κ3) is 2.42. The van der Waals surface area contributed by atoms with Crippen LogP contribution in [0.3, 0.4) is 0 Å². The lowest BCUT2D eigenvalue weighted by Crippen LogP contribution is -1.88. The van der Waals surface area contributed by atoms with Gasteiger partial charge in [0.2, 0.25) is 5.78 Å². The summed E-state index contributed by atoms with van der Waals surface area (Å²) in [4.78, 5) is 9.05. The Labute approximate surface area is 136 Å². The molecule has 0 radical (unpaired) electrons. The molecule has 22 heavy (non-hydrogen) atoms. The molecular weight excluding hydrogens is 338 g/mol. The number of hydrogen-bond acceptors (Lipinski definition) is 2. The largest absolute Gasteiger partial charge is 0.290 e. The molecule has 0 aliphatic rings. The van der Waals surface area contributed by atoms with Crippen molar-refractivity contribution in [3.63, 3.8) is 0 Å². The van der Waals surface area contributed by atoms with Crippen LogP contribution in [0.5, 0.6) is 0 Å². The van der Waals surface area contributed by atoms with E-state index in [9.17, 15) is 0 Å². The summed E-state index contributed by atoms with van der Waals surface area (Å²) in [5.41, 5.74) is 4.23. The molecule has 0 aliphatic carbocycles.